The number of unbranched alkanes of at least 4 members (excludes halogenated alkanes) is 5. The topological polar surface area (TPSA) is 57.5 Å². The maximum atomic E-state index is 11.5. The lowest BCUT2D eigenvalue weighted by atomic mass is 9.90. The van der Waals surface area contributed by atoms with Gasteiger partial charge in [-0.3, -0.25) is 4.79 Å². The van der Waals surface area contributed by atoms with Crippen molar-refractivity contribution < 1.29 is 15.0 Å². The average Bonchev–Trinajstić information content (AvgIpc) is 2.89. The summed E-state index contributed by atoms with van der Waals surface area (Å²) in [5.41, 5.74) is 0. The molecule has 0 aliphatic heterocycles. The van der Waals surface area contributed by atoms with E-state index in [0.717, 1.165) is 25.7 Å². The van der Waals surface area contributed by atoms with Crippen molar-refractivity contribution in [2.45, 2.75) is 63.9 Å². The van der Waals surface area contributed by atoms with Gasteiger partial charge in [0.25, 0.3) is 0 Å². The van der Waals surface area contributed by atoms with Crippen LogP contribution in [-0.2, 0) is 4.79 Å². The Balaban J connectivity index is 1.65. The Kier molecular flexibility index (Phi) is 6.24. The van der Waals surface area contributed by atoms with Crippen LogP contribution < -0.4 is 0 Å². The van der Waals surface area contributed by atoms with Gasteiger partial charge in [0.05, 0.1) is 6.10 Å². The number of carbonyl (C=O) groups is 1. The van der Waals surface area contributed by atoms with Gasteiger partial charge in [0.2, 0.25) is 0 Å². The molecule has 0 spiro atoms. The Hall–Kier alpha value is -0.670. The molecule has 0 heterocycles. The maximum Gasteiger partial charge on any atom is 0.133 e. The summed E-state index contributed by atoms with van der Waals surface area (Å²) in [6, 6.07) is 0. The highest BCUT2D eigenvalue weighted by atomic mass is 16.3. The smallest absolute Gasteiger partial charge is 0.133 e. The molecule has 4 atom stereocenters. The number of fused-ring (bicyclic) bond motifs is 1. The molecule has 0 unspecified atom stereocenters. The number of ketones is 1. The predicted octanol–water partition coefficient (Wildman–Crippen LogP) is 2.85. The quantitative estimate of drug-likeness (QED) is 0.531. The number of hydrogen-bond acceptors (Lipinski definition) is 3. The number of rotatable bonds is 8. The van der Waals surface area contributed by atoms with Gasteiger partial charge in [-0.05, 0) is 37.5 Å². The maximum absolute atomic E-state index is 11.5. The van der Waals surface area contributed by atoms with Crippen LogP contribution in [0.25, 0.3) is 0 Å². The molecule has 0 radical (unpaired) electrons. The van der Waals surface area contributed by atoms with Gasteiger partial charge >= 0.3 is 0 Å². The van der Waals surface area contributed by atoms with E-state index in [1.807, 2.05) is 0 Å². The van der Waals surface area contributed by atoms with Crippen LogP contribution in [0, 0.1) is 17.8 Å². The second-order valence-electron chi connectivity index (χ2n) is 6.46. The van der Waals surface area contributed by atoms with E-state index < -0.39 is 0 Å². The molecule has 0 saturated heterocycles. The summed E-state index contributed by atoms with van der Waals surface area (Å²) >= 11 is 0. The van der Waals surface area contributed by atoms with Crippen LogP contribution in [0.2, 0.25) is 0 Å². The van der Waals surface area contributed by atoms with E-state index in [0.29, 0.717) is 37.1 Å². The second kappa shape index (κ2) is 7.94. The summed E-state index contributed by atoms with van der Waals surface area (Å²) in [7, 11) is 0. The molecule has 2 rings (SSSR count). The molecule has 0 aromatic heterocycles. The second-order valence-corrected chi connectivity index (χ2v) is 6.46. The summed E-state index contributed by atoms with van der Waals surface area (Å²) < 4.78 is 0. The minimum atomic E-state index is -0.237. The van der Waals surface area contributed by atoms with Crippen molar-refractivity contribution in [1.29, 1.82) is 0 Å². The lowest BCUT2D eigenvalue weighted by Crippen LogP contribution is -2.17. The van der Waals surface area contributed by atoms with E-state index in [1.165, 1.54) is 19.3 Å². The van der Waals surface area contributed by atoms with Crippen molar-refractivity contribution in [1.82, 2.24) is 0 Å². The monoisotopic (exact) mass is 280 g/mol. The lowest BCUT2D eigenvalue weighted by Gasteiger charge is -2.16. The summed E-state index contributed by atoms with van der Waals surface area (Å²) in [6.45, 7) is 0.306. The number of aliphatic hydroxyl groups is 2. The van der Waals surface area contributed by atoms with Crippen LogP contribution in [-0.4, -0.2) is 28.7 Å². The first-order chi connectivity index (χ1) is 9.72. The van der Waals surface area contributed by atoms with Crippen LogP contribution in [0.5, 0.6) is 0 Å². The Bertz CT molecular complexity index is 337. The first kappa shape index (κ1) is 15.7. The van der Waals surface area contributed by atoms with Crippen LogP contribution in [0.15, 0.2) is 12.2 Å². The summed E-state index contributed by atoms with van der Waals surface area (Å²) in [5.74, 6) is 1.43. The van der Waals surface area contributed by atoms with E-state index in [2.05, 4.69) is 12.2 Å². The highest BCUT2D eigenvalue weighted by Gasteiger charge is 2.46. The number of carbonyl (C=O) groups excluding carboxylic acids is 1. The summed E-state index contributed by atoms with van der Waals surface area (Å²) in [5, 5.41) is 18.8. The zero-order chi connectivity index (χ0) is 14.4. The van der Waals surface area contributed by atoms with Crippen LogP contribution in [0.4, 0.5) is 0 Å². The predicted molar refractivity (Wildman–Crippen MR) is 79.3 cm³/mol. The van der Waals surface area contributed by atoms with E-state index in [1.54, 1.807) is 0 Å². The SMILES string of the molecule is O=C1C[C@H]2C[C@@H](O)[C@H](C=CCCCCCCCO)[C@H]2C1. The van der Waals surface area contributed by atoms with Gasteiger partial charge in [0.15, 0.2) is 0 Å². The van der Waals surface area contributed by atoms with Gasteiger partial charge in [0.1, 0.15) is 5.78 Å². The largest absolute Gasteiger partial charge is 0.396 e. The first-order valence-electron chi connectivity index (χ1n) is 8.19. The molecule has 2 aliphatic carbocycles. The van der Waals surface area contributed by atoms with Crippen LogP contribution in [0.1, 0.15) is 57.8 Å². The molecule has 0 aromatic carbocycles. The Labute approximate surface area is 122 Å². The van der Waals surface area contributed by atoms with E-state index in [-0.39, 0.29) is 12.0 Å². The Morgan fingerprint density at radius 3 is 2.65 bits per heavy atom. The fraction of sp³-hybridized carbons (Fsp3) is 0.824. The third kappa shape index (κ3) is 4.16. The van der Waals surface area contributed by atoms with Gasteiger partial charge in [-0.2, -0.15) is 0 Å². The summed E-state index contributed by atoms with van der Waals surface area (Å²) in [4.78, 5) is 11.5. The molecule has 20 heavy (non-hydrogen) atoms. The van der Waals surface area contributed by atoms with Crippen molar-refractivity contribution in [2.75, 3.05) is 6.61 Å². The van der Waals surface area contributed by atoms with E-state index in [9.17, 15) is 9.90 Å². The molecule has 2 aliphatic rings. The minimum Gasteiger partial charge on any atom is -0.396 e. The first-order valence-corrected chi connectivity index (χ1v) is 8.19. The molecule has 0 bridgehead atoms. The van der Waals surface area contributed by atoms with E-state index in [4.69, 9.17) is 5.11 Å². The highest BCUT2D eigenvalue weighted by Crippen LogP contribution is 2.46. The molecule has 2 fully saturated rings. The molecule has 2 saturated carbocycles. The van der Waals surface area contributed by atoms with Gasteiger partial charge < -0.3 is 10.2 Å². The third-order valence-electron chi connectivity index (χ3n) is 4.93. The number of hydrogen-bond donors (Lipinski definition) is 2. The molecule has 0 aromatic rings. The van der Waals surface area contributed by atoms with Crippen LogP contribution in [0.3, 0.4) is 0 Å². The molecule has 3 nitrogen and oxygen atoms in total. The van der Waals surface area contributed by atoms with Crippen molar-refractivity contribution >= 4 is 5.78 Å². The van der Waals surface area contributed by atoms with Crippen LogP contribution >= 0.6 is 0 Å². The fourth-order valence-corrected chi connectivity index (χ4v) is 3.85. The zero-order valence-electron chi connectivity index (χ0n) is 12.3. The number of aliphatic hydroxyl groups excluding tert-OH is 2. The Morgan fingerprint density at radius 2 is 1.85 bits per heavy atom. The number of Topliss-reactive ketones (excluding diaryl/α,β-unsaturated/α-hetero) is 1. The van der Waals surface area contributed by atoms with Crippen molar-refractivity contribution in [3.8, 4) is 0 Å². The third-order valence-corrected chi connectivity index (χ3v) is 4.93. The Morgan fingerprint density at radius 1 is 1.10 bits per heavy atom. The lowest BCUT2D eigenvalue weighted by molar-refractivity contribution is -0.118. The van der Waals surface area contributed by atoms with Crippen molar-refractivity contribution in [3.63, 3.8) is 0 Å². The zero-order valence-corrected chi connectivity index (χ0v) is 12.3. The number of allylic oxidation sites excluding steroid dienone is 1. The summed E-state index contributed by atoms with van der Waals surface area (Å²) in [6.07, 6.45) is 13.0. The normalized spacial score (nSPS) is 33.2. The molecule has 3 heteroatoms. The van der Waals surface area contributed by atoms with E-state index >= 15 is 0 Å². The molecular formula is C17H28O3. The average molecular weight is 280 g/mol. The van der Waals surface area contributed by atoms with Gasteiger partial charge in [-0.25, -0.2) is 0 Å². The molecule has 114 valence electrons. The fourth-order valence-electron chi connectivity index (χ4n) is 3.85. The molecular weight excluding hydrogens is 252 g/mol. The van der Waals surface area contributed by atoms with Crippen molar-refractivity contribution in [3.05, 3.63) is 12.2 Å². The van der Waals surface area contributed by atoms with Gasteiger partial charge in [0, 0.05) is 25.4 Å². The van der Waals surface area contributed by atoms with Gasteiger partial charge in [-0.1, -0.05) is 31.4 Å². The minimum absolute atomic E-state index is 0.209. The van der Waals surface area contributed by atoms with Gasteiger partial charge in [-0.15, -0.1) is 0 Å². The molecule has 2 N–H and O–H groups in total. The van der Waals surface area contributed by atoms with Crippen molar-refractivity contribution in [2.24, 2.45) is 17.8 Å². The standard InChI is InChI=1S/C17H28O3/c18-9-7-5-3-1-2-4-6-8-15-16-12-14(19)10-13(16)11-17(15)20/h6,8,13,15-18,20H,1-5,7,9-12H2/t13-,15+,16-,17+/m0/s1. The highest BCUT2D eigenvalue weighted by molar-refractivity contribution is 5.81. The molecule has 0 amide bonds.